The first-order valence-electron chi connectivity index (χ1n) is 8.89. The number of hydrogen-bond donors (Lipinski definition) is 0. The van der Waals surface area contributed by atoms with Gasteiger partial charge in [-0.25, -0.2) is 4.39 Å². The van der Waals surface area contributed by atoms with Crippen LogP contribution in [0.4, 0.5) is 17.6 Å². The predicted octanol–water partition coefficient (Wildman–Crippen LogP) is 5.20. The van der Waals surface area contributed by atoms with Crippen molar-refractivity contribution in [1.82, 2.24) is 4.90 Å². The van der Waals surface area contributed by atoms with Crippen molar-refractivity contribution in [2.45, 2.75) is 37.7 Å². The number of halogens is 5. The standard InChI is InChI=1S/C20H18ClF4NO3/c1-2-28-18-9-13(22)5-8-15(18)17-10-16(21)19(27)26(17)11-12-3-6-14(7-4-12)29-20(23,24)25/h3-9,16-17H,2,10-11H2,1H3/t16-,17+/m0/s1. The van der Waals surface area contributed by atoms with Gasteiger partial charge in [0, 0.05) is 18.2 Å². The van der Waals surface area contributed by atoms with Crippen molar-refractivity contribution in [1.29, 1.82) is 0 Å². The Bertz CT molecular complexity index is 873. The van der Waals surface area contributed by atoms with Gasteiger partial charge < -0.3 is 14.4 Å². The zero-order valence-electron chi connectivity index (χ0n) is 15.4. The highest BCUT2D eigenvalue weighted by atomic mass is 35.5. The van der Waals surface area contributed by atoms with Gasteiger partial charge in [-0.05, 0) is 37.1 Å². The monoisotopic (exact) mass is 431 g/mol. The van der Waals surface area contributed by atoms with E-state index in [4.69, 9.17) is 16.3 Å². The molecule has 0 aromatic heterocycles. The molecule has 1 aliphatic rings. The number of benzene rings is 2. The molecule has 0 N–H and O–H groups in total. The molecule has 0 spiro atoms. The summed E-state index contributed by atoms with van der Waals surface area (Å²) in [6.45, 7) is 2.21. The Balaban J connectivity index is 1.84. The quantitative estimate of drug-likeness (QED) is 0.466. The lowest BCUT2D eigenvalue weighted by Crippen LogP contribution is -2.29. The number of amides is 1. The highest BCUT2D eigenvalue weighted by Gasteiger charge is 2.40. The second-order valence-corrected chi connectivity index (χ2v) is 7.02. The van der Waals surface area contributed by atoms with Gasteiger partial charge in [-0.1, -0.05) is 18.2 Å². The minimum Gasteiger partial charge on any atom is -0.493 e. The molecule has 4 nitrogen and oxygen atoms in total. The average molecular weight is 432 g/mol. The predicted molar refractivity (Wildman–Crippen MR) is 98.2 cm³/mol. The third kappa shape index (κ3) is 5.12. The van der Waals surface area contributed by atoms with Crippen LogP contribution >= 0.6 is 11.6 Å². The van der Waals surface area contributed by atoms with Gasteiger partial charge in [0.2, 0.25) is 5.91 Å². The Hall–Kier alpha value is -2.48. The third-order valence-corrected chi connectivity index (χ3v) is 4.87. The maximum atomic E-state index is 13.6. The van der Waals surface area contributed by atoms with Crippen molar-refractivity contribution in [3.05, 3.63) is 59.4 Å². The van der Waals surface area contributed by atoms with Crippen LogP contribution in [0.15, 0.2) is 42.5 Å². The molecule has 0 unspecified atom stereocenters. The van der Waals surface area contributed by atoms with E-state index in [-0.39, 0.29) is 18.2 Å². The summed E-state index contributed by atoms with van der Waals surface area (Å²) in [6, 6.07) is 8.90. The molecular weight excluding hydrogens is 414 g/mol. The van der Waals surface area contributed by atoms with Gasteiger partial charge in [0.25, 0.3) is 0 Å². The number of ether oxygens (including phenoxy) is 2. The number of likely N-dealkylation sites (tertiary alicyclic amines) is 1. The molecule has 0 radical (unpaired) electrons. The summed E-state index contributed by atoms with van der Waals surface area (Å²) in [5.41, 5.74) is 1.23. The molecule has 29 heavy (non-hydrogen) atoms. The van der Waals surface area contributed by atoms with Crippen molar-refractivity contribution >= 4 is 17.5 Å². The van der Waals surface area contributed by atoms with Crippen LogP contribution in [0.5, 0.6) is 11.5 Å². The normalized spacial score (nSPS) is 19.5. The molecule has 2 atom stereocenters. The Morgan fingerprint density at radius 3 is 2.48 bits per heavy atom. The zero-order chi connectivity index (χ0) is 21.2. The second-order valence-electron chi connectivity index (χ2n) is 6.49. The molecule has 3 rings (SSSR count). The highest BCUT2D eigenvalue weighted by Crippen LogP contribution is 2.41. The lowest BCUT2D eigenvalue weighted by molar-refractivity contribution is -0.274. The maximum absolute atomic E-state index is 13.6. The third-order valence-electron chi connectivity index (χ3n) is 4.50. The molecule has 2 aromatic carbocycles. The molecule has 0 bridgehead atoms. The summed E-state index contributed by atoms with van der Waals surface area (Å²) in [5.74, 6) is -0.789. The average Bonchev–Trinajstić information content (AvgIpc) is 2.91. The lowest BCUT2D eigenvalue weighted by atomic mass is 10.0. The summed E-state index contributed by atoms with van der Waals surface area (Å²) >= 11 is 6.18. The van der Waals surface area contributed by atoms with Gasteiger partial charge >= 0.3 is 6.36 Å². The maximum Gasteiger partial charge on any atom is 0.573 e. The molecule has 1 heterocycles. The molecule has 1 fully saturated rings. The molecule has 1 saturated heterocycles. The van der Waals surface area contributed by atoms with E-state index in [1.54, 1.807) is 13.0 Å². The van der Waals surface area contributed by atoms with Gasteiger partial charge in [-0.15, -0.1) is 24.8 Å². The van der Waals surface area contributed by atoms with Crippen LogP contribution in [-0.4, -0.2) is 29.2 Å². The molecule has 1 aliphatic heterocycles. The second kappa shape index (κ2) is 8.49. The fourth-order valence-electron chi connectivity index (χ4n) is 3.30. The van der Waals surface area contributed by atoms with E-state index >= 15 is 0 Å². The van der Waals surface area contributed by atoms with Crippen LogP contribution in [0.25, 0.3) is 0 Å². The van der Waals surface area contributed by atoms with E-state index in [0.29, 0.717) is 29.9 Å². The molecule has 1 amide bonds. The van der Waals surface area contributed by atoms with Gasteiger partial charge in [-0.3, -0.25) is 4.79 Å². The van der Waals surface area contributed by atoms with E-state index in [2.05, 4.69) is 4.74 Å². The highest BCUT2D eigenvalue weighted by molar-refractivity contribution is 6.31. The number of carbonyl (C=O) groups is 1. The number of hydrogen-bond acceptors (Lipinski definition) is 3. The van der Waals surface area contributed by atoms with Gasteiger partial charge in [-0.2, -0.15) is 0 Å². The van der Waals surface area contributed by atoms with Crippen LogP contribution in [0.3, 0.4) is 0 Å². The number of nitrogens with zero attached hydrogens (tertiary/aromatic N) is 1. The summed E-state index contributed by atoms with van der Waals surface area (Å²) in [5, 5.41) is -0.757. The SMILES string of the molecule is CCOc1cc(F)ccc1[C@H]1C[C@H](Cl)C(=O)N1Cc1ccc(OC(F)(F)F)cc1. The van der Waals surface area contributed by atoms with Crippen LogP contribution in [-0.2, 0) is 11.3 Å². The smallest absolute Gasteiger partial charge is 0.493 e. The van der Waals surface area contributed by atoms with E-state index in [1.807, 2.05) is 0 Å². The van der Waals surface area contributed by atoms with Crippen molar-refractivity contribution < 1.29 is 31.8 Å². The lowest BCUT2D eigenvalue weighted by Gasteiger charge is -2.26. The van der Waals surface area contributed by atoms with E-state index in [9.17, 15) is 22.4 Å². The van der Waals surface area contributed by atoms with Crippen molar-refractivity contribution in [3.8, 4) is 11.5 Å². The minimum absolute atomic E-state index is 0.127. The topological polar surface area (TPSA) is 38.8 Å². The fourth-order valence-corrected chi connectivity index (χ4v) is 3.59. The minimum atomic E-state index is -4.78. The van der Waals surface area contributed by atoms with Gasteiger partial charge in [0.05, 0.1) is 12.6 Å². The summed E-state index contributed by atoms with van der Waals surface area (Å²) in [7, 11) is 0. The van der Waals surface area contributed by atoms with Crippen LogP contribution in [0, 0.1) is 5.82 Å². The molecule has 2 aromatic rings. The molecule has 156 valence electrons. The van der Waals surface area contributed by atoms with Crippen molar-refractivity contribution in [2.24, 2.45) is 0 Å². The fraction of sp³-hybridized carbons (Fsp3) is 0.350. The Morgan fingerprint density at radius 1 is 1.17 bits per heavy atom. The first-order valence-corrected chi connectivity index (χ1v) is 9.33. The Morgan fingerprint density at radius 2 is 1.86 bits per heavy atom. The van der Waals surface area contributed by atoms with Crippen molar-refractivity contribution in [2.75, 3.05) is 6.61 Å². The van der Waals surface area contributed by atoms with Gasteiger partial charge in [0.1, 0.15) is 22.7 Å². The first kappa shape index (κ1) is 21.2. The van der Waals surface area contributed by atoms with Gasteiger partial charge in [0.15, 0.2) is 0 Å². The van der Waals surface area contributed by atoms with E-state index in [0.717, 1.165) is 0 Å². The number of alkyl halides is 4. The van der Waals surface area contributed by atoms with Crippen LogP contribution in [0.1, 0.15) is 30.5 Å². The molecule has 0 aliphatic carbocycles. The summed E-state index contributed by atoms with van der Waals surface area (Å²) in [4.78, 5) is 14.1. The van der Waals surface area contributed by atoms with Crippen LogP contribution in [0.2, 0.25) is 0 Å². The number of rotatable bonds is 6. The molecule has 0 saturated carbocycles. The molecular formula is C20H18ClF4NO3. The van der Waals surface area contributed by atoms with E-state index < -0.39 is 23.6 Å². The van der Waals surface area contributed by atoms with Crippen LogP contribution < -0.4 is 9.47 Å². The first-order chi connectivity index (χ1) is 13.7. The zero-order valence-corrected chi connectivity index (χ0v) is 16.1. The molecule has 9 heteroatoms. The van der Waals surface area contributed by atoms with E-state index in [1.165, 1.54) is 41.3 Å². The summed E-state index contributed by atoms with van der Waals surface area (Å²) in [6.07, 6.45) is -4.47. The number of carbonyl (C=O) groups excluding carboxylic acids is 1. The Labute approximate surface area is 170 Å². The Kier molecular flexibility index (Phi) is 6.21. The summed E-state index contributed by atoms with van der Waals surface area (Å²) < 4.78 is 59.9. The van der Waals surface area contributed by atoms with Crippen molar-refractivity contribution in [3.63, 3.8) is 0 Å². The largest absolute Gasteiger partial charge is 0.573 e.